The SMILES string of the molecule is CN=C(NCCC(=O)Nc1cc(Br)ccc1C)NCc1nc(C)c(C)s1. The average Bonchev–Trinajstić information content (AvgIpc) is 2.92. The van der Waals surface area contributed by atoms with Gasteiger partial charge in [0.05, 0.1) is 12.2 Å². The number of rotatable bonds is 6. The second-order valence-corrected chi connectivity index (χ2v) is 8.06. The molecule has 0 saturated carbocycles. The van der Waals surface area contributed by atoms with Crippen molar-refractivity contribution in [2.45, 2.75) is 33.7 Å². The maximum Gasteiger partial charge on any atom is 0.226 e. The van der Waals surface area contributed by atoms with Crippen molar-refractivity contribution in [1.29, 1.82) is 0 Å². The normalized spacial score (nSPS) is 11.3. The summed E-state index contributed by atoms with van der Waals surface area (Å²) < 4.78 is 0.939. The third-order valence-electron chi connectivity index (χ3n) is 3.82. The molecule has 0 atom stereocenters. The molecule has 1 amide bonds. The summed E-state index contributed by atoms with van der Waals surface area (Å²) in [6.07, 6.45) is 0.349. The second kappa shape index (κ2) is 9.68. The molecular weight excluding hydrogens is 414 g/mol. The Morgan fingerprint density at radius 2 is 2.04 bits per heavy atom. The van der Waals surface area contributed by atoms with Gasteiger partial charge in [-0.1, -0.05) is 22.0 Å². The van der Waals surface area contributed by atoms with E-state index < -0.39 is 0 Å². The quantitative estimate of drug-likeness (QED) is 0.477. The second-order valence-electron chi connectivity index (χ2n) is 5.86. The molecule has 0 spiro atoms. The smallest absolute Gasteiger partial charge is 0.226 e. The van der Waals surface area contributed by atoms with E-state index in [0.29, 0.717) is 25.5 Å². The number of nitrogens with one attached hydrogen (secondary N) is 3. The predicted octanol–water partition coefficient (Wildman–Crippen LogP) is 3.52. The minimum absolute atomic E-state index is 0.0414. The molecule has 1 heterocycles. The molecule has 26 heavy (non-hydrogen) atoms. The van der Waals surface area contributed by atoms with Crippen molar-refractivity contribution in [2.75, 3.05) is 18.9 Å². The number of benzene rings is 1. The van der Waals surface area contributed by atoms with Crippen LogP contribution in [0, 0.1) is 20.8 Å². The minimum Gasteiger partial charge on any atom is -0.356 e. The molecule has 0 fully saturated rings. The number of amides is 1. The number of carbonyl (C=O) groups is 1. The van der Waals surface area contributed by atoms with Crippen LogP contribution in [0.5, 0.6) is 0 Å². The number of aliphatic imine (C=N–C) groups is 1. The van der Waals surface area contributed by atoms with Crippen molar-refractivity contribution in [3.05, 3.63) is 43.8 Å². The summed E-state index contributed by atoms with van der Waals surface area (Å²) in [5.74, 6) is 0.613. The molecule has 140 valence electrons. The van der Waals surface area contributed by atoms with Crippen LogP contribution in [0.4, 0.5) is 5.69 Å². The van der Waals surface area contributed by atoms with Gasteiger partial charge in [0.2, 0.25) is 5.91 Å². The van der Waals surface area contributed by atoms with Gasteiger partial charge in [-0.25, -0.2) is 4.98 Å². The molecule has 0 aliphatic heterocycles. The van der Waals surface area contributed by atoms with E-state index in [4.69, 9.17) is 0 Å². The van der Waals surface area contributed by atoms with E-state index in [-0.39, 0.29) is 5.91 Å². The Balaban J connectivity index is 1.76. The van der Waals surface area contributed by atoms with Crippen molar-refractivity contribution in [1.82, 2.24) is 15.6 Å². The minimum atomic E-state index is -0.0414. The zero-order valence-electron chi connectivity index (χ0n) is 15.4. The number of nitrogens with zero attached hydrogens (tertiary/aromatic N) is 2. The van der Waals surface area contributed by atoms with Crippen molar-refractivity contribution < 1.29 is 4.79 Å². The molecule has 0 aliphatic carbocycles. The standard InChI is InChI=1S/C18H24BrN5OS/c1-11-5-6-14(19)9-15(11)24-16(25)7-8-21-18(20-4)22-10-17-23-12(2)13(3)26-17/h5-6,9H,7-8,10H2,1-4H3,(H,24,25)(H2,20,21,22). The van der Waals surface area contributed by atoms with Gasteiger partial charge >= 0.3 is 0 Å². The zero-order chi connectivity index (χ0) is 19.1. The third kappa shape index (κ3) is 6.10. The number of hydrogen-bond acceptors (Lipinski definition) is 4. The third-order valence-corrected chi connectivity index (χ3v) is 5.39. The Labute approximate surface area is 166 Å². The summed E-state index contributed by atoms with van der Waals surface area (Å²) in [5, 5.41) is 10.3. The Morgan fingerprint density at radius 1 is 1.27 bits per heavy atom. The van der Waals surface area contributed by atoms with Crippen molar-refractivity contribution >= 4 is 44.8 Å². The van der Waals surface area contributed by atoms with E-state index in [0.717, 1.165) is 26.4 Å². The first-order valence-electron chi connectivity index (χ1n) is 8.32. The molecule has 2 aromatic rings. The van der Waals surface area contributed by atoms with Crippen LogP contribution in [0.15, 0.2) is 27.7 Å². The molecule has 6 nitrogen and oxygen atoms in total. The van der Waals surface area contributed by atoms with E-state index in [9.17, 15) is 4.79 Å². The summed E-state index contributed by atoms with van der Waals surface area (Å²) in [6, 6.07) is 5.82. The monoisotopic (exact) mass is 437 g/mol. The molecule has 0 aliphatic rings. The zero-order valence-corrected chi connectivity index (χ0v) is 17.8. The van der Waals surface area contributed by atoms with Crippen molar-refractivity contribution in [3.8, 4) is 0 Å². The summed E-state index contributed by atoms with van der Waals surface area (Å²) in [7, 11) is 1.71. The van der Waals surface area contributed by atoms with Gasteiger partial charge in [0, 0.05) is 35.1 Å². The summed E-state index contributed by atoms with van der Waals surface area (Å²) in [6.45, 7) is 7.15. The first kappa shape index (κ1) is 20.4. The van der Waals surface area contributed by atoms with E-state index in [2.05, 4.69) is 48.8 Å². The van der Waals surface area contributed by atoms with Crippen LogP contribution in [0.1, 0.15) is 27.6 Å². The van der Waals surface area contributed by atoms with E-state index in [1.807, 2.05) is 32.0 Å². The van der Waals surface area contributed by atoms with Gasteiger partial charge in [-0.2, -0.15) is 0 Å². The van der Waals surface area contributed by atoms with Gasteiger partial charge in [-0.15, -0.1) is 11.3 Å². The number of aryl methyl sites for hydroxylation is 3. The largest absolute Gasteiger partial charge is 0.356 e. The maximum atomic E-state index is 12.1. The van der Waals surface area contributed by atoms with Gasteiger partial charge in [-0.05, 0) is 38.5 Å². The van der Waals surface area contributed by atoms with Crippen LogP contribution in [0.25, 0.3) is 0 Å². The summed E-state index contributed by atoms with van der Waals surface area (Å²) >= 11 is 5.09. The fourth-order valence-electron chi connectivity index (χ4n) is 2.23. The molecule has 1 aromatic carbocycles. The molecule has 0 saturated heterocycles. The van der Waals surface area contributed by atoms with Crippen molar-refractivity contribution in [2.24, 2.45) is 4.99 Å². The number of aromatic nitrogens is 1. The fourth-order valence-corrected chi connectivity index (χ4v) is 3.47. The number of thiazole rings is 1. The Kier molecular flexibility index (Phi) is 7.59. The molecule has 0 bridgehead atoms. The highest BCUT2D eigenvalue weighted by molar-refractivity contribution is 9.10. The lowest BCUT2D eigenvalue weighted by molar-refractivity contribution is -0.116. The van der Waals surface area contributed by atoms with Crippen LogP contribution < -0.4 is 16.0 Å². The maximum absolute atomic E-state index is 12.1. The average molecular weight is 438 g/mol. The highest BCUT2D eigenvalue weighted by Crippen LogP contribution is 2.20. The van der Waals surface area contributed by atoms with Gasteiger partial charge in [0.15, 0.2) is 5.96 Å². The van der Waals surface area contributed by atoms with Crippen LogP contribution in [0.2, 0.25) is 0 Å². The summed E-state index contributed by atoms with van der Waals surface area (Å²) in [5.41, 5.74) is 2.91. The fraction of sp³-hybridized carbons (Fsp3) is 0.389. The van der Waals surface area contributed by atoms with Crippen molar-refractivity contribution in [3.63, 3.8) is 0 Å². The lowest BCUT2D eigenvalue weighted by Gasteiger charge is -2.12. The van der Waals surface area contributed by atoms with E-state index in [1.54, 1.807) is 18.4 Å². The topological polar surface area (TPSA) is 78.4 Å². The number of carbonyl (C=O) groups excluding carboxylic acids is 1. The molecule has 2 rings (SSSR count). The van der Waals surface area contributed by atoms with E-state index >= 15 is 0 Å². The Hall–Kier alpha value is -1.93. The Bertz CT molecular complexity index is 783. The lowest BCUT2D eigenvalue weighted by Crippen LogP contribution is -2.38. The van der Waals surface area contributed by atoms with Gasteiger partial charge in [0.1, 0.15) is 5.01 Å². The predicted molar refractivity (Wildman–Crippen MR) is 112 cm³/mol. The van der Waals surface area contributed by atoms with Crippen LogP contribution >= 0.6 is 27.3 Å². The molecular formula is C18H24BrN5OS. The highest BCUT2D eigenvalue weighted by atomic mass is 79.9. The molecule has 0 radical (unpaired) electrons. The molecule has 3 N–H and O–H groups in total. The summed E-state index contributed by atoms with van der Waals surface area (Å²) in [4.78, 5) is 22.0. The van der Waals surface area contributed by atoms with Gasteiger partial charge in [-0.3, -0.25) is 9.79 Å². The van der Waals surface area contributed by atoms with Gasteiger partial charge < -0.3 is 16.0 Å². The molecule has 0 unspecified atom stereocenters. The van der Waals surface area contributed by atoms with Crippen LogP contribution in [-0.2, 0) is 11.3 Å². The van der Waals surface area contributed by atoms with Crippen LogP contribution in [0.3, 0.4) is 0 Å². The van der Waals surface area contributed by atoms with Gasteiger partial charge in [0.25, 0.3) is 0 Å². The highest BCUT2D eigenvalue weighted by Gasteiger charge is 2.07. The number of halogens is 1. The number of hydrogen-bond donors (Lipinski definition) is 3. The van der Waals surface area contributed by atoms with E-state index in [1.165, 1.54) is 4.88 Å². The lowest BCUT2D eigenvalue weighted by atomic mass is 10.2. The van der Waals surface area contributed by atoms with Crippen LogP contribution in [-0.4, -0.2) is 30.4 Å². The first-order chi connectivity index (χ1) is 12.4. The number of guanidine groups is 1. The molecule has 8 heteroatoms. The first-order valence-corrected chi connectivity index (χ1v) is 9.93. The molecule has 1 aromatic heterocycles. The number of anilines is 1. The Morgan fingerprint density at radius 3 is 2.69 bits per heavy atom.